The van der Waals surface area contributed by atoms with E-state index < -0.39 is 10.1 Å². The first-order chi connectivity index (χ1) is 10.9. The van der Waals surface area contributed by atoms with Gasteiger partial charge in [0.2, 0.25) is 0 Å². The Morgan fingerprint density at radius 2 is 1.09 bits per heavy atom. The molecule has 0 atom stereocenters. The first kappa shape index (κ1) is 16.8. The van der Waals surface area contributed by atoms with Gasteiger partial charge in [0.05, 0.1) is 6.26 Å². The SMILES string of the molecule is CS(=O)(=O)O.c1ccc2[nH]ccc2c1.c1ccc2[nH]ccc2c1. The molecular weight excluding hydrogens is 312 g/mol. The maximum Gasteiger partial charge on any atom is 0.261 e. The number of rotatable bonds is 0. The standard InChI is InChI=1S/2C8H7N.CH4O3S/c2*1-2-4-8-7(3-1)5-6-9-8;1-5(2,3)4/h2*1-6,9H;1H3,(H,2,3,4). The predicted molar refractivity (Wildman–Crippen MR) is 94.1 cm³/mol. The molecule has 0 saturated carbocycles. The summed E-state index contributed by atoms with van der Waals surface area (Å²) in [6, 6.07) is 20.6. The van der Waals surface area contributed by atoms with Gasteiger partial charge in [-0.05, 0) is 35.0 Å². The van der Waals surface area contributed by atoms with Crippen molar-refractivity contribution in [3.05, 3.63) is 73.1 Å². The van der Waals surface area contributed by atoms with E-state index in [9.17, 15) is 8.42 Å². The van der Waals surface area contributed by atoms with E-state index in [1.54, 1.807) is 0 Å². The molecule has 0 aliphatic heterocycles. The number of nitrogens with one attached hydrogen (secondary N) is 2. The molecule has 2 heterocycles. The monoisotopic (exact) mass is 330 g/mol. The minimum atomic E-state index is -3.67. The highest BCUT2D eigenvalue weighted by Gasteiger charge is 1.87. The molecule has 0 radical (unpaired) electrons. The van der Waals surface area contributed by atoms with Gasteiger partial charge in [0.25, 0.3) is 10.1 Å². The Morgan fingerprint density at radius 1 is 0.739 bits per heavy atom. The van der Waals surface area contributed by atoms with Gasteiger partial charge >= 0.3 is 0 Å². The lowest BCUT2D eigenvalue weighted by Crippen LogP contribution is -1.88. The van der Waals surface area contributed by atoms with E-state index in [1.165, 1.54) is 21.8 Å². The van der Waals surface area contributed by atoms with Gasteiger partial charge in [-0.15, -0.1) is 0 Å². The first-order valence-corrected chi connectivity index (χ1v) is 8.75. The van der Waals surface area contributed by atoms with Crippen LogP contribution in [0.2, 0.25) is 0 Å². The minimum absolute atomic E-state index is 0.715. The van der Waals surface area contributed by atoms with Gasteiger partial charge in [-0.3, -0.25) is 4.55 Å². The fraction of sp³-hybridized carbons (Fsp3) is 0.0588. The summed E-state index contributed by atoms with van der Waals surface area (Å²) in [5, 5.41) is 2.55. The molecule has 2 aromatic heterocycles. The number of aromatic amines is 2. The van der Waals surface area contributed by atoms with Gasteiger partial charge in [0, 0.05) is 23.4 Å². The molecule has 6 heteroatoms. The van der Waals surface area contributed by atoms with Crippen molar-refractivity contribution in [3.8, 4) is 0 Å². The summed E-state index contributed by atoms with van der Waals surface area (Å²) in [6.07, 6.45) is 4.61. The Morgan fingerprint density at radius 3 is 1.43 bits per heavy atom. The lowest BCUT2D eigenvalue weighted by molar-refractivity contribution is 0.490. The summed E-state index contributed by atoms with van der Waals surface area (Å²) in [5.74, 6) is 0. The van der Waals surface area contributed by atoms with Crippen molar-refractivity contribution < 1.29 is 13.0 Å². The number of H-pyrrole nitrogens is 2. The number of para-hydroxylation sites is 2. The van der Waals surface area contributed by atoms with Crippen LogP contribution < -0.4 is 0 Å². The van der Waals surface area contributed by atoms with Crippen LogP contribution in [0.4, 0.5) is 0 Å². The van der Waals surface area contributed by atoms with Crippen molar-refractivity contribution in [2.45, 2.75) is 0 Å². The van der Waals surface area contributed by atoms with E-state index in [0.717, 1.165) is 0 Å². The van der Waals surface area contributed by atoms with Crippen molar-refractivity contribution in [1.29, 1.82) is 0 Å². The van der Waals surface area contributed by atoms with E-state index in [0.29, 0.717) is 6.26 Å². The lowest BCUT2D eigenvalue weighted by Gasteiger charge is -1.83. The van der Waals surface area contributed by atoms with Crippen LogP contribution in [0.15, 0.2) is 73.1 Å². The highest BCUT2D eigenvalue weighted by atomic mass is 32.2. The van der Waals surface area contributed by atoms with E-state index in [-0.39, 0.29) is 0 Å². The summed E-state index contributed by atoms with van der Waals surface area (Å²) >= 11 is 0. The highest BCUT2D eigenvalue weighted by Crippen LogP contribution is 2.09. The summed E-state index contributed by atoms with van der Waals surface area (Å²) in [5.41, 5.74) is 2.41. The van der Waals surface area contributed by atoms with E-state index >= 15 is 0 Å². The molecule has 0 spiro atoms. The average molecular weight is 330 g/mol. The Balaban J connectivity index is 0.000000132. The van der Waals surface area contributed by atoms with Gasteiger partial charge in [0.15, 0.2) is 0 Å². The zero-order valence-electron chi connectivity index (χ0n) is 12.6. The highest BCUT2D eigenvalue weighted by molar-refractivity contribution is 7.85. The Hall–Kier alpha value is -2.57. The van der Waals surface area contributed by atoms with Crippen LogP contribution in [0.5, 0.6) is 0 Å². The quantitative estimate of drug-likeness (QED) is 0.428. The molecular formula is C17H18N2O3S. The summed E-state index contributed by atoms with van der Waals surface area (Å²) in [4.78, 5) is 6.24. The third kappa shape index (κ3) is 5.98. The second kappa shape index (κ2) is 7.62. The van der Waals surface area contributed by atoms with Crippen LogP contribution in [0.3, 0.4) is 0 Å². The topological polar surface area (TPSA) is 85.9 Å². The van der Waals surface area contributed by atoms with Crippen LogP contribution in [-0.4, -0.2) is 29.2 Å². The minimum Gasteiger partial charge on any atom is -0.361 e. The molecule has 0 aliphatic rings. The number of fused-ring (bicyclic) bond motifs is 2. The molecule has 2 aromatic carbocycles. The van der Waals surface area contributed by atoms with Crippen molar-refractivity contribution in [2.75, 3.05) is 6.26 Å². The van der Waals surface area contributed by atoms with Crippen LogP contribution in [-0.2, 0) is 10.1 Å². The third-order valence-electron chi connectivity index (χ3n) is 2.93. The van der Waals surface area contributed by atoms with Crippen LogP contribution in [0.1, 0.15) is 0 Å². The summed E-state index contributed by atoms with van der Waals surface area (Å²) < 4.78 is 25.9. The van der Waals surface area contributed by atoms with Crippen molar-refractivity contribution in [1.82, 2.24) is 9.97 Å². The van der Waals surface area contributed by atoms with E-state index in [2.05, 4.69) is 46.4 Å². The number of aromatic nitrogens is 2. The van der Waals surface area contributed by atoms with Gasteiger partial charge in [-0.25, -0.2) is 0 Å². The molecule has 3 N–H and O–H groups in total. The molecule has 4 aromatic rings. The van der Waals surface area contributed by atoms with Crippen LogP contribution >= 0.6 is 0 Å². The summed E-state index contributed by atoms with van der Waals surface area (Å²) in [6.45, 7) is 0. The van der Waals surface area contributed by atoms with E-state index in [1.807, 2.05) is 36.7 Å². The first-order valence-electron chi connectivity index (χ1n) is 6.90. The molecule has 4 rings (SSSR count). The fourth-order valence-electron chi connectivity index (χ4n) is 1.99. The van der Waals surface area contributed by atoms with Crippen molar-refractivity contribution in [3.63, 3.8) is 0 Å². The second-order valence-electron chi connectivity index (χ2n) is 4.86. The number of hydrogen-bond donors (Lipinski definition) is 3. The fourth-order valence-corrected chi connectivity index (χ4v) is 1.99. The maximum atomic E-state index is 9.19. The maximum absolute atomic E-state index is 9.19. The average Bonchev–Trinajstić information content (AvgIpc) is 3.15. The van der Waals surface area contributed by atoms with Gasteiger partial charge in [-0.2, -0.15) is 8.42 Å². The largest absolute Gasteiger partial charge is 0.361 e. The molecule has 120 valence electrons. The molecule has 5 nitrogen and oxygen atoms in total. The molecule has 0 bridgehead atoms. The molecule has 0 aliphatic carbocycles. The second-order valence-corrected chi connectivity index (χ2v) is 6.33. The predicted octanol–water partition coefficient (Wildman–Crippen LogP) is 3.84. The smallest absolute Gasteiger partial charge is 0.261 e. The molecule has 0 unspecified atom stereocenters. The number of hydrogen-bond acceptors (Lipinski definition) is 2. The molecule has 23 heavy (non-hydrogen) atoms. The zero-order valence-corrected chi connectivity index (χ0v) is 13.4. The molecule has 0 saturated heterocycles. The van der Waals surface area contributed by atoms with Crippen molar-refractivity contribution in [2.24, 2.45) is 0 Å². The Kier molecular flexibility index (Phi) is 5.56. The van der Waals surface area contributed by atoms with Crippen LogP contribution in [0.25, 0.3) is 21.8 Å². The normalized spacial score (nSPS) is 10.5. The molecule has 0 fully saturated rings. The van der Waals surface area contributed by atoms with E-state index in [4.69, 9.17) is 4.55 Å². The third-order valence-corrected chi connectivity index (χ3v) is 2.93. The van der Waals surface area contributed by atoms with Crippen LogP contribution in [0, 0.1) is 0 Å². The lowest BCUT2D eigenvalue weighted by atomic mass is 10.3. The Bertz CT molecular complexity index is 837. The molecule has 0 amide bonds. The van der Waals surface area contributed by atoms with Crippen molar-refractivity contribution >= 4 is 31.9 Å². The van der Waals surface area contributed by atoms with Gasteiger partial charge in [-0.1, -0.05) is 36.4 Å². The van der Waals surface area contributed by atoms with Gasteiger partial charge in [0.1, 0.15) is 0 Å². The summed E-state index contributed by atoms with van der Waals surface area (Å²) in [7, 11) is -3.67. The number of benzene rings is 2. The zero-order chi connectivity index (χ0) is 16.7. The van der Waals surface area contributed by atoms with Gasteiger partial charge < -0.3 is 9.97 Å². The Labute approximate surface area is 134 Å².